The van der Waals surface area contributed by atoms with Gasteiger partial charge in [0.2, 0.25) is 11.8 Å². The van der Waals surface area contributed by atoms with E-state index in [0.29, 0.717) is 34.7 Å². The van der Waals surface area contributed by atoms with E-state index < -0.39 is 0 Å². The Morgan fingerprint density at radius 2 is 2.22 bits per heavy atom. The first-order valence-electron chi connectivity index (χ1n) is 7.14. The van der Waals surface area contributed by atoms with Gasteiger partial charge in [0.25, 0.3) is 0 Å². The molecular formula is C15H17Cl2N3O2S. The summed E-state index contributed by atoms with van der Waals surface area (Å²) in [5.74, 6) is 1.16. The van der Waals surface area contributed by atoms with Crippen LogP contribution >= 0.6 is 35.0 Å². The number of aryl methyl sites for hydroxylation is 2. The van der Waals surface area contributed by atoms with Crippen LogP contribution in [0.5, 0.6) is 0 Å². The lowest BCUT2D eigenvalue weighted by molar-refractivity contribution is -0.120. The quantitative estimate of drug-likeness (QED) is 0.588. The highest BCUT2D eigenvalue weighted by molar-refractivity contribution is 8.00. The predicted octanol–water partition coefficient (Wildman–Crippen LogP) is 3.91. The number of halogens is 2. The van der Waals surface area contributed by atoms with E-state index in [1.165, 1.54) is 11.8 Å². The molecule has 0 saturated heterocycles. The summed E-state index contributed by atoms with van der Waals surface area (Å²) in [5, 5.41) is 7.53. The maximum absolute atomic E-state index is 12.1. The van der Waals surface area contributed by atoms with Crippen molar-refractivity contribution in [1.82, 2.24) is 15.5 Å². The summed E-state index contributed by atoms with van der Waals surface area (Å²) >= 11 is 13.4. The van der Waals surface area contributed by atoms with E-state index >= 15 is 0 Å². The van der Waals surface area contributed by atoms with Crippen LogP contribution in [-0.4, -0.2) is 27.8 Å². The number of thioether (sulfide) groups is 1. The second-order valence-electron chi connectivity index (χ2n) is 4.96. The van der Waals surface area contributed by atoms with Crippen LogP contribution in [-0.2, 0) is 11.2 Å². The topological polar surface area (TPSA) is 68.0 Å². The van der Waals surface area contributed by atoms with E-state index in [4.69, 9.17) is 27.7 Å². The monoisotopic (exact) mass is 373 g/mol. The number of nitrogens with zero attached hydrogens (tertiary/aromatic N) is 2. The van der Waals surface area contributed by atoms with Crippen LogP contribution in [0.3, 0.4) is 0 Å². The summed E-state index contributed by atoms with van der Waals surface area (Å²) in [6.45, 7) is 4.15. The average Bonchev–Trinajstić information content (AvgIpc) is 2.92. The van der Waals surface area contributed by atoms with Crippen LogP contribution < -0.4 is 5.32 Å². The lowest BCUT2D eigenvalue weighted by Gasteiger charge is -2.12. The van der Waals surface area contributed by atoms with Gasteiger partial charge < -0.3 is 9.84 Å². The van der Waals surface area contributed by atoms with Crippen molar-refractivity contribution in [3.63, 3.8) is 0 Å². The number of carbonyl (C=O) groups is 1. The second kappa shape index (κ2) is 8.57. The molecule has 0 aliphatic rings. The minimum Gasteiger partial charge on any atom is -0.355 e. The van der Waals surface area contributed by atoms with Crippen molar-refractivity contribution in [2.45, 2.75) is 36.8 Å². The molecule has 23 heavy (non-hydrogen) atoms. The first-order valence-corrected chi connectivity index (χ1v) is 8.78. The van der Waals surface area contributed by atoms with Crippen LogP contribution in [0.1, 0.15) is 25.1 Å². The Kier molecular flexibility index (Phi) is 6.74. The number of nitrogens with one attached hydrogen (secondary N) is 1. The van der Waals surface area contributed by atoms with Gasteiger partial charge in [0, 0.05) is 22.9 Å². The smallest absolute Gasteiger partial charge is 0.233 e. The zero-order valence-corrected chi connectivity index (χ0v) is 15.1. The maximum Gasteiger partial charge on any atom is 0.233 e. The maximum atomic E-state index is 12.1. The third kappa shape index (κ3) is 5.71. The van der Waals surface area contributed by atoms with Crippen LogP contribution in [0.2, 0.25) is 10.0 Å². The summed E-state index contributed by atoms with van der Waals surface area (Å²) in [6, 6.07) is 5.21. The van der Waals surface area contributed by atoms with E-state index in [1.54, 1.807) is 25.1 Å². The summed E-state index contributed by atoms with van der Waals surface area (Å²) in [6.07, 6.45) is 1.38. The minimum atomic E-state index is -0.267. The summed E-state index contributed by atoms with van der Waals surface area (Å²) in [5.41, 5.74) is 0. The van der Waals surface area contributed by atoms with Crippen molar-refractivity contribution in [1.29, 1.82) is 0 Å². The molecule has 2 aromatic rings. The number of hydrogen-bond acceptors (Lipinski definition) is 5. The standard InChI is InChI=1S/C15H17Cl2N3O2S/c1-9(23-13-8-11(16)5-6-12(13)17)15(21)18-7-3-4-14-19-10(2)20-22-14/h5-6,8-9H,3-4,7H2,1-2H3,(H,18,21). The van der Waals surface area contributed by atoms with Gasteiger partial charge in [-0.15, -0.1) is 11.8 Å². The second-order valence-corrected chi connectivity index (χ2v) is 7.19. The normalized spacial score (nSPS) is 12.2. The van der Waals surface area contributed by atoms with Gasteiger partial charge in [-0.25, -0.2) is 0 Å². The van der Waals surface area contributed by atoms with Crippen LogP contribution in [0.4, 0.5) is 0 Å². The molecule has 0 aliphatic heterocycles. The fourth-order valence-corrected chi connectivity index (χ4v) is 3.28. The van der Waals surface area contributed by atoms with Gasteiger partial charge in [0.1, 0.15) is 0 Å². The number of carbonyl (C=O) groups excluding carboxylic acids is 1. The van der Waals surface area contributed by atoms with E-state index in [2.05, 4.69) is 15.5 Å². The minimum absolute atomic E-state index is 0.0484. The lowest BCUT2D eigenvalue weighted by Crippen LogP contribution is -2.31. The molecule has 1 aromatic heterocycles. The molecule has 1 atom stereocenters. The largest absolute Gasteiger partial charge is 0.355 e. The van der Waals surface area contributed by atoms with Crippen LogP contribution in [0.25, 0.3) is 0 Å². The first kappa shape index (κ1) is 18.1. The Labute approximate surface area is 149 Å². The fourth-order valence-electron chi connectivity index (χ4n) is 1.85. The third-order valence-corrected chi connectivity index (χ3v) is 4.84. The van der Waals surface area contributed by atoms with Crippen molar-refractivity contribution in [3.05, 3.63) is 40.0 Å². The van der Waals surface area contributed by atoms with Gasteiger partial charge >= 0.3 is 0 Å². The summed E-state index contributed by atoms with van der Waals surface area (Å²) < 4.78 is 5.02. The SMILES string of the molecule is Cc1noc(CCCNC(=O)C(C)Sc2cc(Cl)ccc2Cl)n1. The highest BCUT2D eigenvalue weighted by Gasteiger charge is 2.16. The zero-order valence-electron chi connectivity index (χ0n) is 12.8. The summed E-state index contributed by atoms with van der Waals surface area (Å²) in [7, 11) is 0. The molecule has 0 saturated carbocycles. The van der Waals surface area contributed by atoms with Crippen molar-refractivity contribution in [3.8, 4) is 0 Å². The predicted molar refractivity (Wildman–Crippen MR) is 92.1 cm³/mol. The third-order valence-electron chi connectivity index (χ3n) is 3.00. The molecule has 1 aromatic carbocycles. The number of hydrogen-bond donors (Lipinski definition) is 1. The van der Waals surface area contributed by atoms with Crippen molar-refractivity contribution in [2.24, 2.45) is 0 Å². The van der Waals surface area contributed by atoms with Crippen LogP contribution in [0, 0.1) is 6.92 Å². The zero-order chi connectivity index (χ0) is 16.8. The molecule has 124 valence electrons. The van der Waals surface area contributed by atoms with Crippen molar-refractivity contribution >= 4 is 40.9 Å². The Hall–Kier alpha value is -1.24. The molecule has 8 heteroatoms. The van der Waals surface area contributed by atoms with Gasteiger partial charge in [-0.3, -0.25) is 4.79 Å². The molecule has 1 N–H and O–H groups in total. The number of aromatic nitrogens is 2. The molecule has 2 rings (SSSR count). The lowest BCUT2D eigenvalue weighted by atomic mass is 10.3. The van der Waals surface area contributed by atoms with Crippen LogP contribution in [0.15, 0.2) is 27.6 Å². The molecule has 1 heterocycles. The van der Waals surface area contributed by atoms with Gasteiger partial charge in [-0.05, 0) is 38.5 Å². The number of amides is 1. The highest BCUT2D eigenvalue weighted by Crippen LogP contribution is 2.32. The van der Waals surface area contributed by atoms with Gasteiger partial charge in [-0.2, -0.15) is 4.98 Å². The average molecular weight is 374 g/mol. The Morgan fingerprint density at radius 3 is 2.91 bits per heavy atom. The van der Waals surface area contributed by atoms with Crippen molar-refractivity contribution in [2.75, 3.05) is 6.54 Å². The van der Waals surface area contributed by atoms with Gasteiger partial charge in [0.05, 0.1) is 10.3 Å². The molecular weight excluding hydrogens is 357 g/mol. The van der Waals surface area contributed by atoms with E-state index in [0.717, 1.165) is 11.3 Å². The van der Waals surface area contributed by atoms with Gasteiger partial charge in [0.15, 0.2) is 5.82 Å². The Balaban J connectivity index is 1.75. The van der Waals surface area contributed by atoms with Crippen molar-refractivity contribution < 1.29 is 9.32 Å². The molecule has 0 bridgehead atoms. The van der Waals surface area contributed by atoms with Gasteiger partial charge in [-0.1, -0.05) is 28.4 Å². The van der Waals surface area contributed by atoms with E-state index in [9.17, 15) is 4.79 Å². The molecule has 0 aliphatic carbocycles. The molecule has 1 unspecified atom stereocenters. The molecule has 5 nitrogen and oxygen atoms in total. The number of benzene rings is 1. The number of rotatable bonds is 7. The fraction of sp³-hybridized carbons (Fsp3) is 0.400. The van der Waals surface area contributed by atoms with E-state index in [-0.39, 0.29) is 11.2 Å². The summed E-state index contributed by atoms with van der Waals surface area (Å²) in [4.78, 5) is 17.0. The van der Waals surface area contributed by atoms with E-state index in [1.807, 2.05) is 6.92 Å². The molecule has 1 amide bonds. The Morgan fingerprint density at radius 1 is 1.43 bits per heavy atom. The molecule has 0 radical (unpaired) electrons. The highest BCUT2D eigenvalue weighted by atomic mass is 35.5. The molecule has 0 spiro atoms. The molecule has 0 fully saturated rings. The Bertz CT molecular complexity index is 678. The first-order chi connectivity index (χ1) is 11.0.